The van der Waals surface area contributed by atoms with Crippen LogP contribution in [-0.2, 0) is 11.0 Å². The first kappa shape index (κ1) is 13.5. The number of nitrogens with one attached hydrogen (secondary N) is 1. The molecule has 21 heavy (non-hydrogen) atoms. The molecule has 0 bridgehead atoms. The van der Waals surface area contributed by atoms with Gasteiger partial charge in [-0.25, -0.2) is 0 Å². The second-order valence-corrected chi connectivity index (χ2v) is 4.72. The van der Waals surface area contributed by atoms with Gasteiger partial charge in [0.25, 0.3) is 5.91 Å². The average Bonchev–Trinajstić information content (AvgIpc) is 2.93. The molecule has 0 saturated heterocycles. The van der Waals surface area contributed by atoms with Crippen LogP contribution in [0.25, 0.3) is 11.6 Å². The van der Waals surface area contributed by atoms with Crippen LogP contribution in [0.1, 0.15) is 22.6 Å². The van der Waals surface area contributed by atoms with E-state index in [9.17, 15) is 18.0 Å². The molecule has 0 unspecified atom stereocenters. The van der Waals surface area contributed by atoms with Crippen molar-refractivity contribution in [2.75, 3.05) is 5.32 Å². The van der Waals surface area contributed by atoms with E-state index in [1.165, 1.54) is 12.1 Å². The topological polar surface area (TPSA) is 42.2 Å². The minimum atomic E-state index is -4.44. The molecule has 0 fully saturated rings. The van der Waals surface area contributed by atoms with Gasteiger partial charge in [-0.05, 0) is 37.3 Å². The van der Waals surface area contributed by atoms with Gasteiger partial charge in [-0.3, -0.25) is 4.79 Å². The van der Waals surface area contributed by atoms with Crippen LogP contribution in [0.15, 0.2) is 34.7 Å². The van der Waals surface area contributed by atoms with Gasteiger partial charge in [0.05, 0.1) is 11.1 Å². The number of carbonyl (C=O) groups excluding carboxylic acids is 1. The Kier molecular flexibility index (Phi) is 2.90. The molecule has 0 spiro atoms. The maximum absolute atomic E-state index is 12.7. The third kappa shape index (κ3) is 2.44. The van der Waals surface area contributed by atoms with Crippen LogP contribution in [0.5, 0.6) is 0 Å². The van der Waals surface area contributed by atoms with E-state index in [0.29, 0.717) is 17.1 Å². The van der Waals surface area contributed by atoms with E-state index < -0.39 is 17.6 Å². The van der Waals surface area contributed by atoms with Crippen LogP contribution in [0, 0.1) is 6.92 Å². The minimum absolute atomic E-state index is 0.157. The van der Waals surface area contributed by atoms with Crippen LogP contribution >= 0.6 is 0 Å². The minimum Gasteiger partial charge on any atom is -0.462 e. The molecule has 6 heteroatoms. The number of amides is 1. The molecule has 1 aliphatic rings. The molecule has 1 N–H and O–H groups in total. The smallest absolute Gasteiger partial charge is 0.416 e. The van der Waals surface area contributed by atoms with Crippen molar-refractivity contribution < 1.29 is 22.4 Å². The van der Waals surface area contributed by atoms with Gasteiger partial charge >= 0.3 is 6.18 Å². The lowest BCUT2D eigenvalue weighted by atomic mass is 10.0. The van der Waals surface area contributed by atoms with Gasteiger partial charge in [-0.15, -0.1) is 0 Å². The standard InChI is InChI=1S/C15H10F3NO2/c1-8-2-4-10(21-8)7-12-11-5-3-9(15(16,17)18)6-13(11)19-14(12)20/h2-7H,1H3,(H,19,20)/b12-7-. The quantitative estimate of drug-likeness (QED) is 0.804. The largest absolute Gasteiger partial charge is 0.462 e. The number of halogens is 3. The number of alkyl halides is 3. The number of fused-ring (bicyclic) bond motifs is 1. The summed E-state index contributed by atoms with van der Waals surface area (Å²) in [6.07, 6.45) is -2.92. The number of anilines is 1. The van der Waals surface area contributed by atoms with E-state index in [1.807, 2.05) is 0 Å². The first-order chi connectivity index (χ1) is 9.84. The molecule has 2 aromatic rings. The van der Waals surface area contributed by atoms with E-state index in [1.54, 1.807) is 19.1 Å². The van der Waals surface area contributed by atoms with Crippen molar-refractivity contribution in [3.8, 4) is 0 Å². The predicted molar refractivity (Wildman–Crippen MR) is 71.4 cm³/mol. The Balaban J connectivity index is 2.05. The SMILES string of the molecule is Cc1ccc(/C=C2\C(=O)Nc3cc(C(F)(F)F)ccc32)o1. The molecular weight excluding hydrogens is 283 g/mol. The lowest BCUT2D eigenvalue weighted by Crippen LogP contribution is -2.06. The molecule has 1 aliphatic heterocycles. The molecule has 1 aromatic carbocycles. The summed E-state index contributed by atoms with van der Waals surface area (Å²) in [4.78, 5) is 11.9. The monoisotopic (exact) mass is 293 g/mol. The Morgan fingerprint density at radius 3 is 2.57 bits per heavy atom. The van der Waals surface area contributed by atoms with E-state index in [4.69, 9.17) is 4.42 Å². The molecule has 0 atom stereocenters. The zero-order chi connectivity index (χ0) is 15.2. The predicted octanol–water partition coefficient (Wildman–Crippen LogP) is 4.10. The summed E-state index contributed by atoms with van der Waals surface area (Å²) >= 11 is 0. The number of carbonyl (C=O) groups is 1. The molecule has 0 aliphatic carbocycles. The summed E-state index contributed by atoms with van der Waals surface area (Å²) < 4.78 is 43.3. The number of furan rings is 1. The van der Waals surface area contributed by atoms with Crippen molar-refractivity contribution in [2.24, 2.45) is 0 Å². The zero-order valence-electron chi connectivity index (χ0n) is 10.9. The highest BCUT2D eigenvalue weighted by Crippen LogP contribution is 2.38. The van der Waals surface area contributed by atoms with Crippen molar-refractivity contribution in [3.63, 3.8) is 0 Å². The van der Waals surface area contributed by atoms with Gasteiger partial charge in [0.15, 0.2) is 0 Å². The van der Waals surface area contributed by atoms with Crippen LogP contribution in [0.4, 0.5) is 18.9 Å². The number of rotatable bonds is 1. The highest BCUT2D eigenvalue weighted by Gasteiger charge is 2.33. The lowest BCUT2D eigenvalue weighted by Gasteiger charge is -2.07. The van der Waals surface area contributed by atoms with Crippen LogP contribution in [-0.4, -0.2) is 5.91 Å². The summed E-state index contributed by atoms with van der Waals surface area (Å²) in [5.41, 5.74) is 0.0797. The molecule has 1 aromatic heterocycles. The lowest BCUT2D eigenvalue weighted by molar-refractivity contribution is -0.137. The van der Waals surface area contributed by atoms with E-state index in [2.05, 4.69) is 5.32 Å². The molecular formula is C15H10F3NO2. The van der Waals surface area contributed by atoms with Gasteiger partial charge in [0.1, 0.15) is 11.5 Å². The molecule has 1 amide bonds. The van der Waals surface area contributed by atoms with Gasteiger partial charge in [-0.2, -0.15) is 13.2 Å². The third-order valence-corrected chi connectivity index (χ3v) is 3.18. The highest BCUT2D eigenvalue weighted by atomic mass is 19.4. The second kappa shape index (κ2) is 4.51. The maximum Gasteiger partial charge on any atom is 0.416 e. The average molecular weight is 293 g/mol. The normalized spacial score (nSPS) is 16.2. The van der Waals surface area contributed by atoms with Crippen LogP contribution in [0.2, 0.25) is 0 Å². The Hall–Kier alpha value is -2.50. The Morgan fingerprint density at radius 2 is 1.95 bits per heavy atom. The highest BCUT2D eigenvalue weighted by molar-refractivity contribution is 6.34. The van der Waals surface area contributed by atoms with Gasteiger partial charge < -0.3 is 9.73 Å². The Labute approximate surface area is 118 Å². The first-order valence-electron chi connectivity index (χ1n) is 6.16. The van der Waals surface area contributed by atoms with Gasteiger partial charge in [-0.1, -0.05) is 6.07 Å². The van der Waals surface area contributed by atoms with E-state index in [-0.39, 0.29) is 11.3 Å². The number of hydrogen-bond acceptors (Lipinski definition) is 2. The Bertz CT molecular complexity index is 757. The number of aryl methyl sites for hydroxylation is 1. The zero-order valence-corrected chi connectivity index (χ0v) is 10.9. The first-order valence-corrected chi connectivity index (χ1v) is 6.16. The summed E-state index contributed by atoms with van der Waals surface area (Å²) in [5, 5.41) is 2.44. The van der Waals surface area contributed by atoms with Crippen LogP contribution in [0.3, 0.4) is 0 Å². The third-order valence-electron chi connectivity index (χ3n) is 3.18. The van der Waals surface area contributed by atoms with Gasteiger partial charge in [0.2, 0.25) is 0 Å². The summed E-state index contributed by atoms with van der Waals surface area (Å²) in [5.74, 6) is 0.719. The number of hydrogen-bond donors (Lipinski definition) is 1. The molecule has 3 nitrogen and oxygen atoms in total. The van der Waals surface area contributed by atoms with Crippen molar-refractivity contribution in [3.05, 3.63) is 53.0 Å². The Morgan fingerprint density at radius 1 is 1.19 bits per heavy atom. The summed E-state index contributed by atoms with van der Waals surface area (Å²) in [7, 11) is 0. The van der Waals surface area contributed by atoms with Crippen LogP contribution < -0.4 is 5.32 Å². The van der Waals surface area contributed by atoms with E-state index >= 15 is 0 Å². The fraction of sp³-hybridized carbons (Fsp3) is 0.133. The molecule has 108 valence electrons. The summed E-state index contributed by atoms with van der Waals surface area (Å²) in [6, 6.07) is 6.62. The molecule has 0 saturated carbocycles. The molecule has 2 heterocycles. The maximum atomic E-state index is 12.7. The van der Waals surface area contributed by atoms with E-state index in [0.717, 1.165) is 12.1 Å². The fourth-order valence-electron chi connectivity index (χ4n) is 2.19. The fourth-order valence-corrected chi connectivity index (χ4v) is 2.19. The van der Waals surface area contributed by atoms with Gasteiger partial charge in [0, 0.05) is 11.3 Å². The van der Waals surface area contributed by atoms with Crippen molar-refractivity contribution >= 4 is 23.2 Å². The number of benzene rings is 1. The van der Waals surface area contributed by atoms with Crippen molar-refractivity contribution in [1.82, 2.24) is 0 Å². The van der Waals surface area contributed by atoms with Crippen molar-refractivity contribution in [1.29, 1.82) is 0 Å². The summed E-state index contributed by atoms with van der Waals surface area (Å²) in [6.45, 7) is 1.76. The molecule has 0 radical (unpaired) electrons. The molecule has 3 rings (SSSR count). The second-order valence-electron chi connectivity index (χ2n) is 4.72. The van der Waals surface area contributed by atoms with Crippen molar-refractivity contribution in [2.45, 2.75) is 13.1 Å².